The maximum absolute atomic E-state index is 12.6. The quantitative estimate of drug-likeness (QED) is 0.331. The van der Waals surface area contributed by atoms with Crippen LogP contribution in [0.1, 0.15) is 26.4 Å². The summed E-state index contributed by atoms with van der Waals surface area (Å²) in [5, 5.41) is 1.98. The maximum Gasteiger partial charge on any atom is 0.350 e. The fraction of sp³-hybridized carbons (Fsp3) is 0.143. The summed E-state index contributed by atoms with van der Waals surface area (Å²) in [6.07, 6.45) is 0. The van der Waals surface area contributed by atoms with Gasteiger partial charge in [-0.2, -0.15) is 0 Å². The summed E-state index contributed by atoms with van der Waals surface area (Å²) in [7, 11) is 0. The van der Waals surface area contributed by atoms with Crippen LogP contribution in [0.25, 0.3) is 21.1 Å². The first-order valence-electron chi connectivity index (χ1n) is 8.33. The highest BCUT2D eigenvalue weighted by molar-refractivity contribution is 7.21. The molecule has 2 aromatic heterocycles. The van der Waals surface area contributed by atoms with Crippen LogP contribution in [0.15, 0.2) is 51.7 Å². The molecule has 0 saturated heterocycles. The zero-order valence-electron chi connectivity index (χ0n) is 14.7. The van der Waals surface area contributed by atoms with Gasteiger partial charge in [-0.15, -0.1) is 11.3 Å². The van der Waals surface area contributed by atoms with Gasteiger partial charge < -0.3 is 9.15 Å². The molecule has 0 aliphatic rings. The number of thiophene rings is 1. The lowest BCUT2D eigenvalue weighted by Crippen LogP contribution is -2.07. The molecule has 0 atom stereocenters. The molecule has 4 nitrogen and oxygen atoms in total. The first kappa shape index (κ1) is 17.8. The predicted octanol–water partition coefficient (Wildman–Crippen LogP) is 5.63. The molecular formula is C21H15ClO4S. The Morgan fingerprint density at radius 3 is 2.70 bits per heavy atom. The van der Waals surface area contributed by atoms with E-state index in [1.165, 1.54) is 17.4 Å². The third-order valence-corrected chi connectivity index (χ3v) is 6.25. The number of ether oxygens (including phenoxy) is 1. The van der Waals surface area contributed by atoms with Crippen LogP contribution in [0.3, 0.4) is 0 Å². The Morgan fingerprint density at radius 1 is 1.15 bits per heavy atom. The van der Waals surface area contributed by atoms with Crippen molar-refractivity contribution in [2.45, 2.75) is 20.5 Å². The van der Waals surface area contributed by atoms with Crippen LogP contribution in [0.5, 0.6) is 0 Å². The van der Waals surface area contributed by atoms with Crippen molar-refractivity contribution in [2.24, 2.45) is 0 Å². The lowest BCUT2D eigenvalue weighted by molar-refractivity contribution is 0.0480. The molecule has 0 saturated carbocycles. The second-order valence-corrected chi connectivity index (χ2v) is 7.72. The number of fused-ring (bicyclic) bond motifs is 2. The summed E-state index contributed by atoms with van der Waals surface area (Å²) in [5.41, 5.74) is 2.58. The zero-order chi connectivity index (χ0) is 19.1. The van der Waals surface area contributed by atoms with Crippen molar-refractivity contribution in [1.82, 2.24) is 0 Å². The van der Waals surface area contributed by atoms with Crippen molar-refractivity contribution in [3.63, 3.8) is 0 Å². The van der Waals surface area contributed by atoms with Gasteiger partial charge in [0.25, 0.3) is 0 Å². The van der Waals surface area contributed by atoms with Gasteiger partial charge in [0.1, 0.15) is 17.1 Å². The molecule has 0 fully saturated rings. The molecule has 0 bridgehead atoms. The minimum atomic E-state index is -0.508. The highest BCUT2D eigenvalue weighted by Gasteiger charge is 2.19. The number of esters is 1. The fourth-order valence-corrected chi connectivity index (χ4v) is 4.40. The van der Waals surface area contributed by atoms with Gasteiger partial charge in [-0.3, -0.25) is 0 Å². The molecule has 4 rings (SSSR count). The highest BCUT2D eigenvalue weighted by atomic mass is 35.5. The average Bonchev–Trinajstić information content (AvgIpc) is 3.00. The summed E-state index contributed by atoms with van der Waals surface area (Å²) in [5.74, 6) is -0.508. The highest BCUT2D eigenvalue weighted by Crippen LogP contribution is 2.35. The fourth-order valence-electron chi connectivity index (χ4n) is 3.00. The van der Waals surface area contributed by atoms with E-state index in [4.69, 9.17) is 20.8 Å². The number of carbonyl (C=O) groups excluding carboxylic acids is 1. The minimum Gasteiger partial charge on any atom is -0.457 e. The number of aryl methyl sites for hydroxylation is 2. The standard InChI is InChI=1S/C21H15ClO4S/c1-11-7-8-14-13(9-17(23)26-19(14)12(11)2)10-25-21(24)20-18(22)15-5-3-4-6-16(15)27-20/h3-9H,10H2,1-2H3. The summed E-state index contributed by atoms with van der Waals surface area (Å²) in [4.78, 5) is 24.8. The molecule has 0 N–H and O–H groups in total. The van der Waals surface area contributed by atoms with E-state index >= 15 is 0 Å². The monoisotopic (exact) mass is 398 g/mol. The van der Waals surface area contributed by atoms with Crippen molar-refractivity contribution < 1.29 is 13.9 Å². The molecule has 0 unspecified atom stereocenters. The summed E-state index contributed by atoms with van der Waals surface area (Å²) in [6, 6.07) is 12.7. The summed E-state index contributed by atoms with van der Waals surface area (Å²) in [6.45, 7) is 3.81. The number of hydrogen-bond acceptors (Lipinski definition) is 5. The van der Waals surface area contributed by atoms with E-state index < -0.39 is 11.6 Å². The van der Waals surface area contributed by atoms with E-state index in [2.05, 4.69) is 0 Å². The smallest absolute Gasteiger partial charge is 0.350 e. The number of carbonyl (C=O) groups is 1. The second kappa shape index (κ2) is 6.83. The molecule has 4 aromatic rings. The normalized spacial score (nSPS) is 11.2. The van der Waals surface area contributed by atoms with Gasteiger partial charge in [0.2, 0.25) is 0 Å². The van der Waals surface area contributed by atoms with Crippen LogP contribution in [-0.2, 0) is 11.3 Å². The minimum absolute atomic E-state index is 0.0337. The Kier molecular flexibility index (Phi) is 4.50. The van der Waals surface area contributed by atoms with E-state index in [1.54, 1.807) is 0 Å². The Labute approximate surface area is 163 Å². The van der Waals surface area contributed by atoms with Gasteiger partial charge in [0.15, 0.2) is 0 Å². The van der Waals surface area contributed by atoms with Crippen molar-refractivity contribution in [3.8, 4) is 0 Å². The van der Waals surface area contributed by atoms with E-state index in [0.717, 1.165) is 26.6 Å². The second-order valence-electron chi connectivity index (χ2n) is 6.29. The van der Waals surface area contributed by atoms with Crippen LogP contribution >= 0.6 is 22.9 Å². The van der Waals surface area contributed by atoms with Crippen LogP contribution < -0.4 is 5.63 Å². The van der Waals surface area contributed by atoms with Gasteiger partial charge in [-0.1, -0.05) is 41.9 Å². The van der Waals surface area contributed by atoms with Crippen LogP contribution in [0.4, 0.5) is 0 Å². The third-order valence-electron chi connectivity index (χ3n) is 4.60. The Morgan fingerprint density at radius 2 is 1.93 bits per heavy atom. The van der Waals surface area contributed by atoms with Crippen molar-refractivity contribution in [2.75, 3.05) is 0 Å². The van der Waals surface area contributed by atoms with Gasteiger partial charge in [-0.05, 0) is 31.0 Å². The summed E-state index contributed by atoms with van der Waals surface area (Å²) >= 11 is 7.63. The molecule has 0 radical (unpaired) electrons. The molecule has 27 heavy (non-hydrogen) atoms. The SMILES string of the molecule is Cc1ccc2c(COC(=O)c3sc4ccccc4c3Cl)cc(=O)oc2c1C. The molecule has 2 aromatic carbocycles. The van der Waals surface area contributed by atoms with Gasteiger partial charge in [0, 0.05) is 27.1 Å². The largest absolute Gasteiger partial charge is 0.457 e. The molecule has 6 heteroatoms. The van der Waals surface area contributed by atoms with Crippen LogP contribution in [0, 0.1) is 13.8 Å². The lowest BCUT2D eigenvalue weighted by Gasteiger charge is -2.09. The molecule has 0 amide bonds. The number of halogens is 1. The Hall–Kier alpha value is -2.63. The topological polar surface area (TPSA) is 56.5 Å². The zero-order valence-corrected chi connectivity index (χ0v) is 16.2. The number of hydrogen-bond donors (Lipinski definition) is 0. The van der Waals surface area contributed by atoms with Gasteiger partial charge in [-0.25, -0.2) is 9.59 Å². The molecule has 0 aliphatic carbocycles. The summed E-state index contributed by atoms with van der Waals surface area (Å²) < 4.78 is 11.7. The third kappa shape index (κ3) is 3.13. The van der Waals surface area contributed by atoms with E-state index in [9.17, 15) is 9.59 Å². The average molecular weight is 399 g/mol. The maximum atomic E-state index is 12.6. The van der Waals surface area contributed by atoms with Gasteiger partial charge >= 0.3 is 11.6 Å². The molecule has 0 aliphatic heterocycles. The Balaban J connectivity index is 1.67. The van der Waals surface area contributed by atoms with E-state index in [-0.39, 0.29) is 6.61 Å². The van der Waals surface area contributed by atoms with E-state index in [1.807, 2.05) is 50.2 Å². The first-order valence-corrected chi connectivity index (χ1v) is 9.52. The van der Waals surface area contributed by atoms with Crippen molar-refractivity contribution >= 4 is 50.0 Å². The molecule has 2 heterocycles. The number of rotatable bonds is 3. The predicted molar refractivity (Wildman–Crippen MR) is 108 cm³/mol. The van der Waals surface area contributed by atoms with E-state index in [0.29, 0.717) is 21.0 Å². The molecule has 0 spiro atoms. The number of benzene rings is 2. The Bertz CT molecular complexity index is 1250. The van der Waals surface area contributed by atoms with Gasteiger partial charge in [0.05, 0.1) is 5.02 Å². The molecular weight excluding hydrogens is 384 g/mol. The molecule has 136 valence electrons. The van der Waals surface area contributed by atoms with Crippen molar-refractivity contribution in [1.29, 1.82) is 0 Å². The lowest BCUT2D eigenvalue weighted by atomic mass is 10.0. The first-order chi connectivity index (χ1) is 13.0. The van der Waals surface area contributed by atoms with Crippen molar-refractivity contribution in [3.05, 3.63) is 79.5 Å². The van der Waals surface area contributed by atoms with Crippen LogP contribution in [-0.4, -0.2) is 5.97 Å². The van der Waals surface area contributed by atoms with Crippen LogP contribution in [0.2, 0.25) is 5.02 Å².